The van der Waals surface area contributed by atoms with Gasteiger partial charge in [0.25, 0.3) is 0 Å². The highest BCUT2D eigenvalue weighted by atomic mass is 16.5. The van der Waals surface area contributed by atoms with E-state index in [4.69, 9.17) is 4.74 Å². The summed E-state index contributed by atoms with van der Waals surface area (Å²) in [5, 5.41) is 4.09. The van der Waals surface area contributed by atoms with Crippen molar-refractivity contribution in [3.05, 3.63) is 18.0 Å². The highest BCUT2D eigenvalue weighted by molar-refractivity contribution is 5.80. The second-order valence-corrected chi connectivity index (χ2v) is 4.73. The van der Waals surface area contributed by atoms with Crippen molar-refractivity contribution in [1.29, 1.82) is 0 Å². The van der Waals surface area contributed by atoms with Gasteiger partial charge in [-0.15, -0.1) is 0 Å². The molecule has 1 fully saturated rings. The van der Waals surface area contributed by atoms with Crippen molar-refractivity contribution in [2.24, 2.45) is 7.05 Å². The van der Waals surface area contributed by atoms with Crippen LogP contribution in [0.3, 0.4) is 0 Å². The standard InChI is InChI=1S/C11H16N2O2/c1-11(2)5-9(14)4-10(15-11)8-6-12-13(3)7-8/h6-7,10H,4-5H2,1-3H3. The molecule has 2 rings (SSSR count). The van der Waals surface area contributed by atoms with Gasteiger partial charge in [-0.05, 0) is 13.8 Å². The van der Waals surface area contributed by atoms with Crippen LogP contribution in [0.1, 0.15) is 38.4 Å². The van der Waals surface area contributed by atoms with Crippen LogP contribution in [0.5, 0.6) is 0 Å². The van der Waals surface area contributed by atoms with Crippen LogP contribution in [-0.4, -0.2) is 21.2 Å². The Kier molecular flexibility index (Phi) is 2.38. The van der Waals surface area contributed by atoms with E-state index >= 15 is 0 Å². The lowest BCUT2D eigenvalue weighted by Gasteiger charge is -2.34. The number of aryl methyl sites for hydroxylation is 1. The molecule has 1 atom stereocenters. The van der Waals surface area contributed by atoms with Gasteiger partial charge in [-0.25, -0.2) is 0 Å². The van der Waals surface area contributed by atoms with E-state index in [1.165, 1.54) is 0 Å². The minimum absolute atomic E-state index is 0.130. The predicted octanol–water partition coefficient (Wildman–Crippen LogP) is 1.62. The first kappa shape index (κ1) is 10.4. The van der Waals surface area contributed by atoms with Crippen LogP contribution in [0, 0.1) is 0 Å². The van der Waals surface area contributed by atoms with Crippen molar-refractivity contribution in [1.82, 2.24) is 9.78 Å². The lowest BCUT2D eigenvalue weighted by molar-refractivity contribution is -0.149. The summed E-state index contributed by atoms with van der Waals surface area (Å²) in [7, 11) is 1.86. The van der Waals surface area contributed by atoms with E-state index in [0.717, 1.165) is 5.56 Å². The number of hydrogen-bond acceptors (Lipinski definition) is 3. The second kappa shape index (κ2) is 3.45. The van der Waals surface area contributed by atoms with E-state index in [9.17, 15) is 4.79 Å². The number of aromatic nitrogens is 2. The Morgan fingerprint density at radius 1 is 1.60 bits per heavy atom. The van der Waals surface area contributed by atoms with Crippen molar-refractivity contribution >= 4 is 5.78 Å². The highest BCUT2D eigenvalue weighted by Gasteiger charge is 2.34. The Morgan fingerprint density at radius 3 is 2.87 bits per heavy atom. The van der Waals surface area contributed by atoms with Gasteiger partial charge in [0.1, 0.15) is 5.78 Å². The smallest absolute Gasteiger partial charge is 0.138 e. The van der Waals surface area contributed by atoms with E-state index in [-0.39, 0.29) is 17.5 Å². The molecule has 0 bridgehead atoms. The van der Waals surface area contributed by atoms with Crippen LogP contribution in [-0.2, 0) is 16.6 Å². The van der Waals surface area contributed by atoms with Crippen LogP contribution >= 0.6 is 0 Å². The fourth-order valence-corrected chi connectivity index (χ4v) is 2.01. The third kappa shape index (κ3) is 2.26. The first-order valence-corrected chi connectivity index (χ1v) is 5.14. The van der Waals surface area contributed by atoms with Crippen molar-refractivity contribution in [3.63, 3.8) is 0 Å². The fourth-order valence-electron chi connectivity index (χ4n) is 2.01. The molecule has 1 aliphatic rings. The van der Waals surface area contributed by atoms with E-state index in [1.54, 1.807) is 10.9 Å². The molecule has 0 saturated carbocycles. The van der Waals surface area contributed by atoms with Gasteiger partial charge in [-0.3, -0.25) is 9.48 Å². The maximum atomic E-state index is 11.6. The Morgan fingerprint density at radius 2 is 2.33 bits per heavy atom. The maximum absolute atomic E-state index is 11.6. The molecule has 4 nitrogen and oxygen atoms in total. The molecule has 15 heavy (non-hydrogen) atoms. The summed E-state index contributed by atoms with van der Waals surface area (Å²) in [4.78, 5) is 11.6. The number of carbonyl (C=O) groups excluding carboxylic acids is 1. The molecular formula is C11H16N2O2. The molecular weight excluding hydrogens is 192 g/mol. The zero-order chi connectivity index (χ0) is 11.1. The third-order valence-corrected chi connectivity index (χ3v) is 2.59. The van der Waals surface area contributed by atoms with E-state index < -0.39 is 0 Å². The number of ketones is 1. The van der Waals surface area contributed by atoms with Gasteiger partial charge in [0.15, 0.2) is 0 Å². The maximum Gasteiger partial charge on any atom is 0.138 e. The molecule has 0 aliphatic carbocycles. The average molecular weight is 208 g/mol. The Hall–Kier alpha value is -1.16. The van der Waals surface area contributed by atoms with Crippen molar-refractivity contribution in [2.45, 2.75) is 38.4 Å². The zero-order valence-corrected chi connectivity index (χ0v) is 9.36. The number of ether oxygens (including phenoxy) is 1. The summed E-state index contributed by atoms with van der Waals surface area (Å²) in [5.41, 5.74) is 0.633. The number of carbonyl (C=O) groups is 1. The molecule has 2 heterocycles. The van der Waals surface area contributed by atoms with Gasteiger partial charge >= 0.3 is 0 Å². The van der Waals surface area contributed by atoms with Gasteiger partial charge in [0.05, 0.1) is 17.9 Å². The van der Waals surface area contributed by atoms with E-state index in [1.807, 2.05) is 27.1 Å². The van der Waals surface area contributed by atoms with E-state index in [2.05, 4.69) is 5.10 Å². The highest BCUT2D eigenvalue weighted by Crippen LogP contribution is 2.34. The van der Waals surface area contributed by atoms with Gasteiger partial charge in [0, 0.05) is 31.6 Å². The summed E-state index contributed by atoms with van der Waals surface area (Å²) in [5.74, 6) is 0.264. The van der Waals surface area contributed by atoms with Crippen LogP contribution in [0.4, 0.5) is 0 Å². The molecule has 0 amide bonds. The Bertz CT molecular complexity index is 382. The van der Waals surface area contributed by atoms with Crippen molar-refractivity contribution < 1.29 is 9.53 Å². The minimum Gasteiger partial charge on any atom is -0.367 e. The molecule has 1 aromatic heterocycles. The molecule has 0 radical (unpaired) electrons. The fraction of sp³-hybridized carbons (Fsp3) is 0.636. The topological polar surface area (TPSA) is 44.1 Å². The predicted molar refractivity (Wildman–Crippen MR) is 55.4 cm³/mol. The first-order valence-electron chi connectivity index (χ1n) is 5.14. The number of rotatable bonds is 1. The number of hydrogen-bond donors (Lipinski definition) is 0. The van der Waals surface area contributed by atoms with Crippen LogP contribution in [0.15, 0.2) is 12.4 Å². The van der Waals surface area contributed by atoms with Gasteiger partial charge in [-0.1, -0.05) is 0 Å². The molecule has 82 valence electrons. The molecule has 1 aliphatic heterocycles. The van der Waals surface area contributed by atoms with Crippen LogP contribution < -0.4 is 0 Å². The molecule has 1 saturated heterocycles. The monoisotopic (exact) mass is 208 g/mol. The molecule has 0 spiro atoms. The largest absolute Gasteiger partial charge is 0.367 e. The summed E-state index contributed by atoms with van der Waals surface area (Å²) >= 11 is 0. The van der Waals surface area contributed by atoms with Crippen molar-refractivity contribution in [2.75, 3.05) is 0 Å². The minimum atomic E-state index is -0.351. The molecule has 0 N–H and O–H groups in total. The zero-order valence-electron chi connectivity index (χ0n) is 9.36. The average Bonchev–Trinajstić information content (AvgIpc) is 2.48. The van der Waals surface area contributed by atoms with Crippen LogP contribution in [0.25, 0.3) is 0 Å². The number of Topliss-reactive ketones (excluding diaryl/α,β-unsaturated/α-hetero) is 1. The molecule has 1 unspecified atom stereocenters. The molecule has 1 aromatic rings. The van der Waals surface area contributed by atoms with Gasteiger partial charge in [-0.2, -0.15) is 5.10 Å². The van der Waals surface area contributed by atoms with Gasteiger partial charge < -0.3 is 4.74 Å². The summed E-state index contributed by atoms with van der Waals surface area (Å²) in [6.07, 6.45) is 4.51. The summed E-state index contributed by atoms with van der Waals surface area (Å²) in [6, 6.07) is 0. The first-order chi connectivity index (χ1) is 6.96. The SMILES string of the molecule is Cn1cc(C2CC(=O)CC(C)(C)O2)cn1. The van der Waals surface area contributed by atoms with E-state index in [0.29, 0.717) is 12.8 Å². The number of nitrogens with zero attached hydrogens (tertiary/aromatic N) is 2. The third-order valence-electron chi connectivity index (χ3n) is 2.59. The van der Waals surface area contributed by atoms with Crippen LogP contribution in [0.2, 0.25) is 0 Å². The normalized spacial score (nSPS) is 25.5. The second-order valence-electron chi connectivity index (χ2n) is 4.73. The summed E-state index contributed by atoms with van der Waals surface area (Å²) < 4.78 is 7.60. The Balaban J connectivity index is 2.19. The lowest BCUT2D eigenvalue weighted by atomic mass is 9.92. The quantitative estimate of drug-likeness (QED) is 0.704. The molecule has 0 aromatic carbocycles. The van der Waals surface area contributed by atoms with Crippen molar-refractivity contribution in [3.8, 4) is 0 Å². The van der Waals surface area contributed by atoms with Gasteiger partial charge in [0.2, 0.25) is 0 Å². The Labute approximate surface area is 89.2 Å². The summed E-state index contributed by atoms with van der Waals surface area (Å²) in [6.45, 7) is 3.90. The molecule has 4 heteroatoms. The lowest BCUT2D eigenvalue weighted by Crippen LogP contribution is -2.35.